The fraction of sp³-hybridized carbons (Fsp3) is 0.259. The number of nitrogens with zero attached hydrogens (tertiary/aromatic N) is 2. The first-order valence-corrected chi connectivity index (χ1v) is 11.5. The Morgan fingerprint density at radius 3 is 2.24 bits per heavy atom. The third-order valence-electron chi connectivity index (χ3n) is 6.12. The lowest BCUT2D eigenvalue weighted by atomic mass is 10.1. The molecule has 1 saturated heterocycles. The summed E-state index contributed by atoms with van der Waals surface area (Å²) in [7, 11) is 0. The number of rotatable bonds is 5. The highest BCUT2D eigenvalue weighted by Gasteiger charge is 2.32. The zero-order valence-electron chi connectivity index (χ0n) is 18.9. The Kier molecular flexibility index (Phi) is 6.44. The Labute approximate surface area is 198 Å². The molecule has 5 rings (SSSR count). The van der Waals surface area contributed by atoms with Crippen LogP contribution in [0.4, 0.5) is 5.69 Å². The normalized spacial score (nSPS) is 17.8. The molecule has 34 heavy (non-hydrogen) atoms. The number of piperazine rings is 1. The molecule has 0 radical (unpaired) electrons. The summed E-state index contributed by atoms with van der Waals surface area (Å²) in [6.45, 7) is 3.88. The molecule has 2 amide bonds. The van der Waals surface area contributed by atoms with E-state index in [-0.39, 0.29) is 18.4 Å². The molecule has 1 unspecified atom stereocenters. The van der Waals surface area contributed by atoms with Crippen LogP contribution in [0.2, 0.25) is 0 Å². The highest BCUT2D eigenvalue weighted by Crippen LogP contribution is 2.31. The summed E-state index contributed by atoms with van der Waals surface area (Å²) in [6, 6.07) is 24.5. The number of benzene rings is 3. The highest BCUT2D eigenvalue weighted by atomic mass is 16.6. The Balaban J connectivity index is 1.10. The average molecular weight is 458 g/mol. The van der Waals surface area contributed by atoms with Gasteiger partial charge in [-0.1, -0.05) is 42.5 Å². The second-order valence-electron chi connectivity index (χ2n) is 8.48. The summed E-state index contributed by atoms with van der Waals surface area (Å²) >= 11 is 0. The predicted molar refractivity (Wildman–Crippen MR) is 129 cm³/mol. The van der Waals surface area contributed by atoms with Crippen LogP contribution in [0.15, 0.2) is 78.9 Å². The van der Waals surface area contributed by atoms with E-state index in [2.05, 4.69) is 10.2 Å². The number of carbonyl (C=O) groups is 2. The number of amides is 2. The lowest BCUT2D eigenvalue weighted by Gasteiger charge is -2.37. The van der Waals surface area contributed by atoms with Gasteiger partial charge in [0.25, 0.3) is 11.8 Å². The van der Waals surface area contributed by atoms with Gasteiger partial charge in [0.05, 0.1) is 0 Å². The fourth-order valence-electron chi connectivity index (χ4n) is 4.22. The van der Waals surface area contributed by atoms with E-state index in [0.29, 0.717) is 30.2 Å². The van der Waals surface area contributed by atoms with E-state index in [0.717, 1.165) is 30.9 Å². The van der Waals surface area contributed by atoms with Crippen molar-refractivity contribution in [2.75, 3.05) is 38.1 Å². The van der Waals surface area contributed by atoms with Gasteiger partial charge in [-0.15, -0.1) is 0 Å². The van der Waals surface area contributed by atoms with Gasteiger partial charge < -0.3 is 19.7 Å². The Morgan fingerprint density at radius 1 is 0.824 bits per heavy atom. The highest BCUT2D eigenvalue weighted by molar-refractivity contribution is 6.04. The van der Waals surface area contributed by atoms with Crippen molar-refractivity contribution in [3.05, 3.63) is 90.0 Å². The predicted octanol–water partition coefficient (Wildman–Crippen LogP) is 3.42. The molecular formula is C27H27N3O4. The van der Waals surface area contributed by atoms with Gasteiger partial charge in [-0.3, -0.25) is 14.5 Å². The first kappa shape index (κ1) is 22.0. The summed E-state index contributed by atoms with van der Waals surface area (Å²) in [6.07, 6.45) is -0.601. The number of ether oxygens (including phenoxy) is 2. The molecule has 174 valence electrons. The molecule has 0 bridgehead atoms. The Bertz CT molecular complexity index is 1140. The molecule has 0 aromatic heterocycles. The van der Waals surface area contributed by atoms with Crippen molar-refractivity contribution in [1.82, 2.24) is 9.80 Å². The van der Waals surface area contributed by atoms with Crippen LogP contribution in [0, 0.1) is 0 Å². The maximum absolute atomic E-state index is 12.9. The van der Waals surface area contributed by atoms with E-state index >= 15 is 0 Å². The molecule has 3 aromatic rings. The minimum atomic E-state index is -0.601. The third kappa shape index (κ3) is 5.05. The van der Waals surface area contributed by atoms with Crippen molar-refractivity contribution in [2.24, 2.45) is 0 Å². The van der Waals surface area contributed by atoms with Crippen molar-refractivity contribution >= 4 is 17.5 Å². The number of anilines is 1. The standard InChI is InChI=1S/C27H27N3O4/c31-26(28-22-6-2-1-3-7-22)21-12-10-20(11-13-21)18-29-14-16-30(17-15-29)27(32)25-19-33-23-8-4-5-9-24(23)34-25/h1-13,25H,14-19H2,(H,28,31). The van der Waals surface area contributed by atoms with E-state index in [1.165, 1.54) is 0 Å². The Morgan fingerprint density at radius 2 is 1.50 bits per heavy atom. The molecule has 2 aliphatic heterocycles. The first-order valence-electron chi connectivity index (χ1n) is 11.5. The summed E-state index contributed by atoms with van der Waals surface area (Å²) in [5.74, 6) is 1.15. The van der Waals surface area contributed by atoms with Crippen LogP contribution in [0.5, 0.6) is 11.5 Å². The van der Waals surface area contributed by atoms with Crippen LogP contribution in [-0.2, 0) is 11.3 Å². The van der Waals surface area contributed by atoms with Crippen LogP contribution in [0.1, 0.15) is 15.9 Å². The van der Waals surface area contributed by atoms with Gasteiger partial charge >= 0.3 is 0 Å². The SMILES string of the molecule is O=C(Nc1ccccc1)c1ccc(CN2CCN(C(=O)C3COc4ccccc4O3)CC2)cc1. The second kappa shape index (κ2) is 9.97. The third-order valence-corrected chi connectivity index (χ3v) is 6.12. The van der Waals surface area contributed by atoms with Crippen molar-refractivity contribution in [2.45, 2.75) is 12.6 Å². The van der Waals surface area contributed by atoms with Gasteiger partial charge in [0, 0.05) is 44.0 Å². The topological polar surface area (TPSA) is 71.1 Å². The van der Waals surface area contributed by atoms with Crippen molar-refractivity contribution in [3.63, 3.8) is 0 Å². The van der Waals surface area contributed by atoms with Crippen molar-refractivity contribution in [3.8, 4) is 11.5 Å². The van der Waals surface area contributed by atoms with Crippen molar-refractivity contribution < 1.29 is 19.1 Å². The lowest BCUT2D eigenvalue weighted by molar-refractivity contribution is -0.143. The number of carbonyl (C=O) groups excluding carboxylic acids is 2. The molecule has 1 atom stereocenters. The van der Waals surface area contributed by atoms with Gasteiger partial charge in [0.15, 0.2) is 11.5 Å². The molecule has 7 heteroatoms. The molecule has 1 fully saturated rings. The summed E-state index contributed by atoms with van der Waals surface area (Å²) < 4.78 is 11.6. The molecular weight excluding hydrogens is 430 g/mol. The van der Waals surface area contributed by atoms with Gasteiger partial charge in [0.2, 0.25) is 6.10 Å². The van der Waals surface area contributed by atoms with Gasteiger partial charge in [0.1, 0.15) is 6.61 Å². The lowest BCUT2D eigenvalue weighted by Crippen LogP contribution is -2.53. The monoisotopic (exact) mass is 457 g/mol. The van der Waals surface area contributed by atoms with Crippen LogP contribution < -0.4 is 14.8 Å². The summed E-state index contributed by atoms with van der Waals surface area (Å²) in [5, 5.41) is 2.90. The number of fused-ring (bicyclic) bond motifs is 1. The van der Waals surface area contributed by atoms with E-state index in [4.69, 9.17) is 9.47 Å². The van der Waals surface area contributed by atoms with E-state index in [9.17, 15) is 9.59 Å². The number of para-hydroxylation sites is 3. The van der Waals surface area contributed by atoms with Gasteiger partial charge in [-0.2, -0.15) is 0 Å². The number of hydrogen-bond acceptors (Lipinski definition) is 5. The average Bonchev–Trinajstić information content (AvgIpc) is 2.89. The van der Waals surface area contributed by atoms with Crippen LogP contribution in [-0.4, -0.2) is 60.5 Å². The zero-order valence-corrected chi connectivity index (χ0v) is 18.9. The molecule has 0 spiro atoms. The van der Waals surface area contributed by atoms with Crippen LogP contribution >= 0.6 is 0 Å². The van der Waals surface area contributed by atoms with E-state index < -0.39 is 6.10 Å². The molecule has 7 nitrogen and oxygen atoms in total. The van der Waals surface area contributed by atoms with E-state index in [1.54, 1.807) is 0 Å². The number of nitrogens with one attached hydrogen (secondary N) is 1. The molecule has 0 aliphatic carbocycles. The minimum Gasteiger partial charge on any atom is -0.485 e. The van der Waals surface area contributed by atoms with E-state index in [1.807, 2.05) is 83.8 Å². The van der Waals surface area contributed by atoms with Crippen LogP contribution in [0.25, 0.3) is 0 Å². The minimum absolute atomic E-state index is 0.0251. The van der Waals surface area contributed by atoms with Crippen LogP contribution in [0.3, 0.4) is 0 Å². The maximum atomic E-state index is 12.9. The maximum Gasteiger partial charge on any atom is 0.267 e. The molecule has 2 heterocycles. The largest absolute Gasteiger partial charge is 0.485 e. The molecule has 3 aromatic carbocycles. The number of hydrogen-bond donors (Lipinski definition) is 1. The van der Waals surface area contributed by atoms with Gasteiger partial charge in [-0.25, -0.2) is 0 Å². The summed E-state index contributed by atoms with van der Waals surface area (Å²) in [4.78, 5) is 29.5. The smallest absolute Gasteiger partial charge is 0.267 e. The molecule has 0 saturated carbocycles. The first-order chi connectivity index (χ1) is 16.7. The quantitative estimate of drug-likeness (QED) is 0.636. The molecule has 1 N–H and O–H groups in total. The summed E-state index contributed by atoms with van der Waals surface area (Å²) in [5.41, 5.74) is 2.54. The van der Waals surface area contributed by atoms with Gasteiger partial charge in [-0.05, 0) is 42.0 Å². The fourth-order valence-corrected chi connectivity index (χ4v) is 4.22. The molecule has 2 aliphatic rings. The second-order valence-corrected chi connectivity index (χ2v) is 8.48. The zero-order chi connectivity index (χ0) is 23.3. The Hall–Kier alpha value is -3.84. The van der Waals surface area contributed by atoms with Crippen molar-refractivity contribution in [1.29, 1.82) is 0 Å².